The van der Waals surface area contributed by atoms with Crippen LogP contribution in [0.15, 0.2) is 71.1 Å². The molecule has 1 fully saturated rings. The Hall–Kier alpha value is -4.34. The largest absolute Gasteiger partial charge is 0.458 e. The van der Waals surface area contributed by atoms with Gasteiger partial charge < -0.3 is 9.73 Å². The summed E-state index contributed by atoms with van der Waals surface area (Å²) in [7, 11) is 0. The number of carbonyl (C=O) groups excluding carboxylic acids is 2. The monoisotopic (exact) mass is 502 g/mol. The molecule has 37 heavy (non-hydrogen) atoms. The number of nitrogens with one attached hydrogen (secondary N) is 1. The van der Waals surface area contributed by atoms with Gasteiger partial charge in [-0.1, -0.05) is 43.2 Å². The molecule has 5 rings (SSSR count). The van der Waals surface area contributed by atoms with Crippen molar-refractivity contribution in [1.29, 1.82) is 0 Å². The van der Waals surface area contributed by atoms with Crippen molar-refractivity contribution in [3.8, 4) is 11.6 Å². The Bertz CT molecular complexity index is 1360. The minimum atomic E-state index is -1.02. The first kappa shape index (κ1) is 24.4. The second-order valence-corrected chi connectivity index (χ2v) is 9.10. The van der Waals surface area contributed by atoms with E-state index >= 15 is 0 Å². The highest BCUT2D eigenvalue weighted by Crippen LogP contribution is 2.30. The van der Waals surface area contributed by atoms with Gasteiger partial charge in [0.05, 0.1) is 0 Å². The molecule has 0 spiro atoms. The summed E-state index contributed by atoms with van der Waals surface area (Å²) in [5.41, 5.74) is 1.01. The third kappa shape index (κ3) is 5.58. The van der Waals surface area contributed by atoms with Crippen LogP contribution in [0, 0.1) is 12.7 Å². The summed E-state index contributed by atoms with van der Waals surface area (Å²) in [6.07, 6.45) is 3.87. The molecule has 1 aliphatic rings. The molecule has 10 heteroatoms. The van der Waals surface area contributed by atoms with Crippen LogP contribution in [0.1, 0.15) is 43.0 Å². The number of halogens is 1. The molecule has 1 aliphatic carbocycles. The van der Waals surface area contributed by atoms with Crippen LogP contribution < -0.4 is 10.2 Å². The molecule has 1 atom stereocenters. The van der Waals surface area contributed by atoms with Gasteiger partial charge in [-0.25, -0.2) is 4.39 Å². The van der Waals surface area contributed by atoms with E-state index in [1.165, 1.54) is 34.0 Å². The highest BCUT2D eigenvalue weighted by atomic mass is 19.1. The van der Waals surface area contributed by atoms with Crippen molar-refractivity contribution in [2.24, 2.45) is 0 Å². The molecule has 2 aromatic carbocycles. The van der Waals surface area contributed by atoms with E-state index in [2.05, 4.69) is 20.7 Å². The van der Waals surface area contributed by atoms with Gasteiger partial charge in [0, 0.05) is 11.7 Å². The number of aromatic nitrogens is 4. The van der Waals surface area contributed by atoms with Gasteiger partial charge in [0.1, 0.15) is 24.2 Å². The van der Waals surface area contributed by atoms with Gasteiger partial charge in [-0.2, -0.15) is 4.80 Å². The summed E-state index contributed by atoms with van der Waals surface area (Å²) in [6, 6.07) is 17.1. The molecule has 190 valence electrons. The van der Waals surface area contributed by atoms with Gasteiger partial charge in [0.25, 0.3) is 5.91 Å². The summed E-state index contributed by atoms with van der Waals surface area (Å²) < 4.78 is 19.3. The number of amides is 2. The molecule has 2 amide bonds. The van der Waals surface area contributed by atoms with Crippen LogP contribution in [0.3, 0.4) is 0 Å². The zero-order valence-corrected chi connectivity index (χ0v) is 20.4. The molecular weight excluding hydrogens is 475 g/mol. The first-order valence-electron chi connectivity index (χ1n) is 12.3. The number of hydrogen-bond acceptors (Lipinski definition) is 6. The van der Waals surface area contributed by atoms with Crippen molar-refractivity contribution in [3.63, 3.8) is 0 Å². The summed E-state index contributed by atoms with van der Waals surface area (Å²) >= 11 is 0. The SMILES string of the molecule is Cc1ccc(-c2nnn(CC(=O)N(c3ccccc3)[C@@H](C(=O)NC3CCCC3)c3ccc(F)cc3)n2)o1. The Kier molecular flexibility index (Phi) is 7.07. The minimum Gasteiger partial charge on any atom is -0.458 e. The second kappa shape index (κ2) is 10.7. The first-order valence-corrected chi connectivity index (χ1v) is 12.3. The first-order chi connectivity index (χ1) is 18.0. The molecule has 9 nitrogen and oxygen atoms in total. The molecule has 0 aliphatic heterocycles. The van der Waals surface area contributed by atoms with Crippen molar-refractivity contribution in [1.82, 2.24) is 25.5 Å². The van der Waals surface area contributed by atoms with Crippen molar-refractivity contribution in [3.05, 3.63) is 83.9 Å². The number of anilines is 1. The normalized spacial score (nSPS) is 14.4. The number of hydrogen-bond donors (Lipinski definition) is 1. The third-order valence-corrected chi connectivity index (χ3v) is 6.39. The predicted octanol–water partition coefficient (Wildman–Crippen LogP) is 4.21. The van der Waals surface area contributed by atoms with Gasteiger partial charge in [0.2, 0.25) is 11.7 Å². The quantitative estimate of drug-likeness (QED) is 0.387. The fourth-order valence-corrected chi connectivity index (χ4v) is 4.60. The number of furan rings is 1. The van der Waals surface area contributed by atoms with Crippen LogP contribution in [-0.4, -0.2) is 38.1 Å². The summed E-state index contributed by atoms with van der Waals surface area (Å²) in [6.45, 7) is 1.54. The van der Waals surface area contributed by atoms with Crippen LogP contribution in [0.5, 0.6) is 0 Å². The van der Waals surface area contributed by atoms with E-state index < -0.39 is 17.8 Å². The van der Waals surface area contributed by atoms with Gasteiger partial charge in [0.15, 0.2) is 5.76 Å². The molecule has 0 radical (unpaired) electrons. The van der Waals surface area contributed by atoms with Crippen LogP contribution in [0.2, 0.25) is 0 Å². The lowest BCUT2D eigenvalue weighted by Gasteiger charge is -2.32. The lowest BCUT2D eigenvalue weighted by Crippen LogP contribution is -2.47. The van der Waals surface area contributed by atoms with E-state index in [-0.39, 0.29) is 24.3 Å². The maximum atomic E-state index is 13.8. The van der Waals surface area contributed by atoms with Gasteiger partial charge >= 0.3 is 0 Å². The Morgan fingerprint density at radius 3 is 2.49 bits per heavy atom. The fourth-order valence-electron chi connectivity index (χ4n) is 4.60. The van der Waals surface area contributed by atoms with E-state index in [0.717, 1.165) is 25.7 Å². The number of carbonyl (C=O) groups is 2. The highest BCUT2D eigenvalue weighted by Gasteiger charge is 2.34. The van der Waals surface area contributed by atoms with Crippen molar-refractivity contribution < 1.29 is 18.4 Å². The van der Waals surface area contributed by atoms with Crippen LogP contribution in [0.25, 0.3) is 11.6 Å². The van der Waals surface area contributed by atoms with Gasteiger partial charge in [-0.15, -0.1) is 10.2 Å². The van der Waals surface area contributed by atoms with Crippen molar-refractivity contribution in [2.75, 3.05) is 4.90 Å². The topological polar surface area (TPSA) is 106 Å². The summed E-state index contributed by atoms with van der Waals surface area (Å²) in [5, 5.41) is 15.4. The predicted molar refractivity (Wildman–Crippen MR) is 134 cm³/mol. The Morgan fingerprint density at radius 1 is 1.08 bits per heavy atom. The van der Waals surface area contributed by atoms with Crippen LogP contribution in [0.4, 0.5) is 10.1 Å². The standard InChI is InChI=1S/C27H27FN6O3/c1-18-11-16-23(37-18)26-30-32-33(31-26)17-24(35)34(22-9-3-2-4-10-22)25(19-12-14-20(28)15-13-19)27(36)29-21-7-5-6-8-21/h2-4,9-16,21,25H,5-8,17H2,1H3,(H,29,36)/t25-/m1/s1. The van der Waals surface area contributed by atoms with Crippen LogP contribution >= 0.6 is 0 Å². The molecule has 4 aromatic rings. The summed E-state index contributed by atoms with van der Waals surface area (Å²) in [5.74, 6) is 0.213. The zero-order chi connectivity index (χ0) is 25.8. The Balaban J connectivity index is 1.48. The lowest BCUT2D eigenvalue weighted by molar-refractivity contribution is -0.127. The van der Waals surface area contributed by atoms with Crippen molar-refractivity contribution in [2.45, 2.75) is 51.2 Å². The van der Waals surface area contributed by atoms with E-state index in [4.69, 9.17) is 4.42 Å². The number of para-hydroxylation sites is 1. The smallest absolute Gasteiger partial charge is 0.251 e. The van der Waals surface area contributed by atoms with E-state index in [9.17, 15) is 14.0 Å². The Morgan fingerprint density at radius 2 is 1.81 bits per heavy atom. The maximum absolute atomic E-state index is 13.8. The highest BCUT2D eigenvalue weighted by molar-refractivity contribution is 6.01. The molecule has 0 unspecified atom stereocenters. The number of rotatable bonds is 8. The molecule has 0 saturated heterocycles. The number of benzene rings is 2. The molecule has 2 aromatic heterocycles. The van der Waals surface area contributed by atoms with E-state index in [1.54, 1.807) is 43.3 Å². The third-order valence-electron chi connectivity index (χ3n) is 6.39. The molecule has 0 bridgehead atoms. The van der Waals surface area contributed by atoms with E-state index in [1.807, 2.05) is 6.07 Å². The Labute approximate surface area is 213 Å². The average molecular weight is 503 g/mol. The van der Waals surface area contributed by atoms with Gasteiger partial charge in [-0.05, 0) is 66.9 Å². The molecule has 1 saturated carbocycles. The molecular formula is C27H27FN6O3. The second-order valence-electron chi connectivity index (χ2n) is 9.10. The average Bonchev–Trinajstić information content (AvgIpc) is 3.66. The zero-order valence-electron chi connectivity index (χ0n) is 20.4. The van der Waals surface area contributed by atoms with Crippen molar-refractivity contribution >= 4 is 17.5 Å². The maximum Gasteiger partial charge on any atom is 0.251 e. The number of aryl methyl sites for hydroxylation is 1. The lowest BCUT2D eigenvalue weighted by atomic mass is 10.0. The molecule has 1 N–H and O–H groups in total. The molecule has 2 heterocycles. The van der Waals surface area contributed by atoms with Gasteiger partial charge in [-0.3, -0.25) is 14.5 Å². The fraction of sp³-hybridized carbons (Fsp3) is 0.296. The van der Waals surface area contributed by atoms with E-state index in [0.29, 0.717) is 22.8 Å². The number of tetrazole rings is 1. The summed E-state index contributed by atoms with van der Waals surface area (Å²) in [4.78, 5) is 30.1. The number of nitrogens with zero attached hydrogens (tertiary/aromatic N) is 5. The minimum absolute atomic E-state index is 0.0412. The van der Waals surface area contributed by atoms with Crippen LogP contribution in [-0.2, 0) is 16.1 Å².